The summed E-state index contributed by atoms with van der Waals surface area (Å²) in [6.07, 6.45) is 0. The molecule has 0 saturated carbocycles. The Hall–Kier alpha value is -0.960. The fourth-order valence-corrected chi connectivity index (χ4v) is 1.19. The highest BCUT2D eigenvalue weighted by Crippen LogP contribution is 2.38. The lowest BCUT2D eigenvalue weighted by molar-refractivity contribution is -0.168. The fraction of sp³-hybridized carbons (Fsp3) is 0.455. The molecule has 0 spiro atoms. The van der Waals surface area contributed by atoms with Crippen molar-refractivity contribution in [3.05, 3.63) is 35.4 Å². The molecule has 0 radical (unpaired) electrons. The number of alkyl halides is 2. The molecule has 0 aliphatic heterocycles. The van der Waals surface area contributed by atoms with E-state index in [2.05, 4.69) is 0 Å². The molecule has 14 heavy (non-hydrogen) atoms. The molecule has 0 aromatic heterocycles. The molecule has 0 aliphatic carbocycles. The lowest BCUT2D eigenvalue weighted by Crippen LogP contribution is -2.40. The van der Waals surface area contributed by atoms with Crippen molar-refractivity contribution in [2.75, 3.05) is 0 Å². The summed E-state index contributed by atoms with van der Waals surface area (Å²) in [5.74, 6) is -3.22. The third-order valence-corrected chi connectivity index (χ3v) is 2.15. The van der Waals surface area contributed by atoms with Gasteiger partial charge >= 0.3 is 5.92 Å². The summed E-state index contributed by atoms with van der Waals surface area (Å²) < 4.78 is 27.2. The summed E-state index contributed by atoms with van der Waals surface area (Å²) in [6, 6.07) is 6.01. The second-order valence-corrected chi connectivity index (χ2v) is 4.00. The van der Waals surface area contributed by atoms with Crippen molar-refractivity contribution in [2.24, 2.45) is 0 Å². The van der Waals surface area contributed by atoms with Crippen LogP contribution in [0, 0.1) is 6.92 Å². The predicted molar refractivity (Wildman–Crippen MR) is 51.4 cm³/mol. The Kier molecular flexibility index (Phi) is 2.63. The second-order valence-electron chi connectivity index (χ2n) is 4.00. The summed E-state index contributed by atoms with van der Waals surface area (Å²) in [5, 5.41) is 9.34. The fourth-order valence-electron chi connectivity index (χ4n) is 1.19. The van der Waals surface area contributed by atoms with Gasteiger partial charge in [-0.1, -0.05) is 23.8 Å². The molecule has 1 aromatic rings. The predicted octanol–water partition coefficient (Wildman–Crippen LogP) is 2.86. The Morgan fingerprint density at radius 2 is 1.79 bits per heavy atom. The van der Waals surface area contributed by atoms with Gasteiger partial charge in [0.05, 0.1) is 0 Å². The standard InChI is InChI=1S/C11H14F2O/c1-8-5-4-6-9(7-8)11(12,13)10(2,3)14/h4-7,14H,1-3H3. The van der Waals surface area contributed by atoms with Gasteiger partial charge in [0.2, 0.25) is 0 Å². The average molecular weight is 200 g/mol. The van der Waals surface area contributed by atoms with Gasteiger partial charge in [-0.3, -0.25) is 0 Å². The molecule has 0 amide bonds. The molecule has 0 bridgehead atoms. The molecule has 78 valence electrons. The van der Waals surface area contributed by atoms with Crippen LogP contribution in [0.5, 0.6) is 0 Å². The number of aliphatic hydroxyl groups is 1. The van der Waals surface area contributed by atoms with E-state index in [4.69, 9.17) is 0 Å². The Labute approximate surface area is 82.4 Å². The highest BCUT2D eigenvalue weighted by molar-refractivity contribution is 5.27. The van der Waals surface area contributed by atoms with E-state index in [0.717, 1.165) is 19.4 Å². The number of aryl methyl sites for hydroxylation is 1. The van der Waals surface area contributed by atoms with Crippen molar-refractivity contribution in [2.45, 2.75) is 32.3 Å². The first kappa shape index (κ1) is 11.1. The van der Waals surface area contributed by atoms with E-state index in [-0.39, 0.29) is 5.56 Å². The van der Waals surface area contributed by atoms with Crippen molar-refractivity contribution in [1.82, 2.24) is 0 Å². The first-order valence-corrected chi connectivity index (χ1v) is 4.42. The van der Waals surface area contributed by atoms with Crippen molar-refractivity contribution in [1.29, 1.82) is 0 Å². The summed E-state index contributed by atoms with van der Waals surface area (Å²) in [5.41, 5.74) is -1.43. The van der Waals surface area contributed by atoms with Crippen molar-refractivity contribution < 1.29 is 13.9 Å². The van der Waals surface area contributed by atoms with Crippen LogP contribution in [-0.4, -0.2) is 10.7 Å². The maximum absolute atomic E-state index is 13.6. The Balaban J connectivity index is 3.16. The first-order chi connectivity index (χ1) is 6.25. The molecule has 0 saturated heterocycles. The quantitative estimate of drug-likeness (QED) is 0.778. The molecule has 1 N–H and O–H groups in total. The minimum atomic E-state index is -3.22. The van der Waals surface area contributed by atoms with E-state index in [1.165, 1.54) is 12.1 Å². The van der Waals surface area contributed by atoms with Gasteiger partial charge in [0, 0.05) is 5.56 Å². The normalized spacial score (nSPS) is 13.0. The molecule has 0 aliphatic rings. The number of hydrogen-bond acceptors (Lipinski definition) is 1. The van der Waals surface area contributed by atoms with E-state index in [0.29, 0.717) is 0 Å². The molecule has 0 atom stereocenters. The van der Waals surface area contributed by atoms with Crippen molar-refractivity contribution in [3.8, 4) is 0 Å². The molecule has 0 fully saturated rings. The number of benzene rings is 1. The van der Waals surface area contributed by atoms with E-state index in [1.807, 2.05) is 0 Å². The van der Waals surface area contributed by atoms with E-state index < -0.39 is 11.5 Å². The van der Waals surface area contributed by atoms with Crippen molar-refractivity contribution in [3.63, 3.8) is 0 Å². The summed E-state index contributed by atoms with van der Waals surface area (Å²) in [6.45, 7) is 3.95. The van der Waals surface area contributed by atoms with Gasteiger partial charge in [0.1, 0.15) is 5.60 Å². The Bertz CT molecular complexity index is 326. The van der Waals surface area contributed by atoms with Crippen LogP contribution in [0.4, 0.5) is 8.78 Å². The zero-order valence-electron chi connectivity index (χ0n) is 8.51. The van der Waals surface area contributed by atoms with Gasteiger partial charge in [-0.05, 0) is 26.8 Å². The average Bonchev–Trinajstić information content (AvgIpc) is 2.02. The molecular weight excluding hydrogens is 186 g/mol. The van der Waals surface area contributed by atoms with Gasteiger partial charge in [0.15, 0.2) is 0 Å². The van der Waals surface area contributed by atoms with Gasteiger partial charge in [-0.2, -0.15) is 8.78 Å². The topological polar surface area (TPSA) is 20.2 Å². The van der Waals surface area contributed by atoms with Crippen LogP contribution in [0.2, 0.25) is 0 Å². The van der Waals surface area contributed by atoms with Crippen LogP contribution >= 0.6 is 0 Å². The van der Waals surface area contributed by atoms with Crippen molar-refractivity contribution >= 4 is 0 Å². The molecule has 0 unspecified atom stereocenters. The summed E-state index contributed by atoms with van der Waals surface area (Å²) >= 11 is 0. The summed E-state index contributed by atoms with van der Waals surface area (Å²) in [7, 11) is 0. The van der Waals surface area contributed by atoms with E-state index in [9.17, 15) is 13.9 Å². The lowest BCUT2D eigenvalue weighted by Gasteiger charge is -2.29. The van der Waals surface area contributed by atoms with Crippen LogP contribution in [-0.2, 0) is 5.92 Å². The molecule has 0 heterocycles. The molecule has 1 aromatic carbocycles. The zero-order valence-corrected chi connectivity index (χ0v) is 8.51. The monoisotopic (exact) mass is 200 g/mol. The van der Waals surface area contributed by atoms with Crippen LogP contribution < -0.4 is 0 Å². The lowest BCUT2D eigenvalue weighted by atomic mass is 9.93. The van der Waals surface area contributed by atoms with E-state index >= 15 is 0 Å². The third-order valence-electron chi connectivity index (χ3n) is 2.15. The highest BCUT2D eigenvalue weighted by atomic mass is 19.3. The summed E-state index contributed by atoms with van der Waals surface area (Å²) in [4.78, 5) is 0. The van der Waals surface area contributed by atoms with Gasteiger partial charge in [0.25, 0.3) is 0 Å². The highest BCUT2D eigenvalue weighted by Gasteiger charge is 2.46. The first-order valence-electron chi connectivity index (χ1n) is 4.42. The minimum Gasteiger partial charge on any atom is -0.384 e. The van der Waals surface area contributed by atoms with Crippen LogP contribution in [0.3, 0.4) is 0 Å². The van der Waals surface area contributed by atoms with Gasteiger partial charge in [-0.25, -0.2) is 0 Å². The number of halogens is 2. The SMILES string of the molecule is Cc1cccc(C(F)(F)C(C)(C)O)c1. The Morgan fingerprint density at radius 3 is 2.21 bits per heavy atom. The van der Waals surface area contributed by atoms with Crippen LogP contribution in [0.15, 0.2) is 24.3 Å². The number of hydrogen-bond donors (Lipinski definition) is 1. The smallest absolute Gasteiger partial charge is 0.300 e. The number of rotatable bonds is 2. The second kappa shape index (κ2) is 3.31. The van der Waals surface area contributed by atoms with Crippen LogP contribution in [0.1, 0.15) is 25.0 Å². The maximum Gasteiger partial charge on any atom is 0.300 e. The minimum absolute atomic E-state index is 0.148. The third kappa shape index (κ3) is 1.93. The van der Waals surface area contributed by atoms with Crippen LogP contribution in [0.25, 0.3) is 0 Å². The van der Waals surface area contributed by atoms with Gasteiger partial charge < -0.3 is 5.11 Å². The Morgan fingerprint density at radius 1 is 1.21 bits per heavy atom. The molecule has 1 rings (SSSR count). The van der Waals surface area contributed by atoms with E-state index in [1.54, 1.807) is 19.1 Å². The zero-order chi connectivity index (χ0) is 11.0. The van der Waals surface area contributed by atoms with Gasteiger partial charge in [-0.15, -0.1) is 0 Å². The molecule has 3 heteroatoms. The largest absolute Gasteiger partial charge is 0.384 e. The molecule has 1 nitrogen and oxygen atoms in total. The maximum atomic E-state index is 13.6. The molecular formula is C11H14F2O.